The maximum absolute atomic E-state index is 11.3. The van der Waals surface area contributed by atoms with Crippen molar-refractivity contribution in [1.29, 1.82) is 0 Å². The molecule has 1 rings (SSSR count). The molecule has 0 aromatic rings. The van der Waals surface area contributed by atoms with Crippen LogP contribution in [0.4, 0.5) is 0 Å². The summed E-state index contributed by atoms with van der Waals surface area (Å²) < 4.78 is 0. The zero-order valence-corrected chi connectivity index (χ0v) is 9.87. The molecule has 2 nitrogen and oxygen atoms in total. The number of carbonyl (C=O) groups is 1. The predicted molar refractivity (Wildman–Crippen MR) is 61.7 cm³/mol. The minimum Gasteiger partial charge on any atom is -0.393 e. The Hall–Kier alpha value is -0.370. The molecule has 0 aromatic carbocycles. The van der Waals surface area contributed by atoms with Gasteiger partial charge in [-0.2, -0.15) is 0 Å². The monoisotopic (exact) mass is 212 g/mol. The number of Topliss-reactive ketones (excluding diaryl/α,β-unsaturated/α-hetero) is 1. The van der Waals surface area contributed by atoms with Crippen molar-refractivity contribution in [3.8, 4) is 0 Å². The molecule has 0 aliphatic heterocycles. The zero-order valence-electron chi connectivity index (χ0n) is 9.87. The fraction of sp³-hybridized carbons (Fsp3) is 0.923. The molecule has 1 unspecified atom stereocenters. The number of hydrogen-bond acceptors (Lipinski definition) is 2. The summed E-state index contributed by atoms with van der Waals surface area (Å²) >= 11 is 0. The van der Waals surface area contributed by atoms with Crippen molar-refractivity contribution in [2.24, 2.45) is 5.92 Å². The van der Waals surface area contributed by atoms with E-state index in [4.69, 9.17) is 0 Å². The van der Waals surface area contributed by atoms with Gasteiger partial charge in [0.15, 0.2) is 0 Å². The van der Waals surface area contributed by atoms with Crippen LogP contribution in [0.3, 0.4) is 0 Å². The summed E-state index contributed by atoms with van der Waals surface area (Å²) in [4.78, 5) is 11.3. The summed E-state index contributed by atoms with van der Waals surface area (Å²) in [6, 6.07) is 0. The van der Waals surface area contributed by atoms with Gasteiger partial charge in [-0.25, -0.2) is 0 Å². The Morgan fingerprint density at radius 2 is 2.00 bits per heavy atom. The highest BCUT2D eigenvalue weighted by Gasteiger charge is 2.19. The molecule has 1 fully saturated rings. The Balaban J connectivity index is 2.07. The van der Waals surface area contributed by atoms with Crippen molar-refractivity contribution >= 4 is 5.78 Å². The molecule has 0 aromatic heterocycles. The van der Waals surface area contributed by atoms with E-state index >= 15 is 0 Å². The molecular formula is C13H24O2. The SMILES string of the molecule is CCCC(=O)CCC(O)CC1CCCC1. The first kappa shape index (κ1) is 12.7. The van der Waals surface area contributed by atoms with E-state index in [2.05, 4.69) is 0 Å². The Morgan fingerprint density at radius 3 is 2.60 bits per heavy atom. The fourth-order valence-corrected chi connectivity index (χ4v) is 2.48. The third-order valence-corrected chi connectivity index (χ3v) is 3.37. The molecule has 1 N–H and O–H groups in total. The molecule has 1 atom stereocenters. The summed E-state index contributed by atoms with van der Waals surface area (Å²) in [6.07, 6.45) is 8.73. The van der Waals surface area contributed by atoms with Gasteiger partial charge < -0.3 is 5.11 Å². The van der Waals surface area contributed by atoms with Crippen LogP contribution in [-0.4, -0.2) is 17.0 Å². The van der Waals surface area contributed by atoms with Crippen molar-refractivity contribution in [2.45, 2.75) is 70.8 Å². The van der Waals surface area contributed by atoms with Gasteiger partial charge in [0.25, 0.3) is 0 Å². The fourth-order valence-electron chi connectivity index (χ4n) is 2.48. The minimum atomic E-state index is -0.242. The smallest absolute Gasteiger partial charge is 0.132 e. The quantitative estimate of drug-likeness (QED) is 0.704. The molecule has 0 saturated heterocycles. The molecule has 1 saturated carbocycles. The molecule has 88 valence electrons. The first-order chi connectivity index (χ1) is 7.22. The summed E-state index contributed by atoms with van der Waals surface area (Å²) in [7, 11) is 0. The molecular weight excluding hydrogens is 188 g/mol. The van der Waals surface area contributed by atoms with Gasteiger partial charge in [0.05, 0.1) is 6.10 Å². The van der Waals surface area contributed by atoms with Gasteiger partial charge in [-0.3, -0.25) is 4.79 Å². The van der Waals surface area contributed by atoms with E-state index < -0.39 is 0 Å². The highest BCUT2D eigenvalue weighted by Crippen LogP contribution is 2.29. The van der Waals surface area contributed by atoms with Crippen LogP contribution in [0.5, 0.6) is 0 Å². The lowest BCUT2D eigenvalue weighted by Crippen LogP contribution is -2.13. The molecule has 0 heterocycles. The van der Waals surface area contributed by atoms with Gasteiger partial charge in [0, 0.05) is 12.8 Å². The molecule has 1 aliphatic carbocycles. The van der Waals surface area contributed by atoms with Crippen LogP contribution in [0.25, 0.3) is 0 Å². The molecule has 0 spiro atoms. The highest BCUT2D eigenvalue weighted by molar-refractivity contribution is 5.78. The maximum atomic E-state index is 11.3. The normalized spacial score (nSPS) is 19.3. The van der Waals surface area contributed by atoms with Crippen LogP contribution in [0.2, 0.25) is 0 Å². The minimum absolute atomic E-state index is 0.242. The molecule has 2 heteroatoms. The predicted octanol–water partition coefficient (Wildman–Crippen LogP) is 3.08. The number of hydrogen-bond donors (Lipinski definition) is 1. The Labute approximate surface area is 93.1 Å². The third-order valence-electron chi connectivity index (χ3n) is 3.37. The Morgan fingerprint density at radius 1 is 1.33 bits per heavy atom. The Bertz CT molecular complexity index is 183. The van der Waals surface area contributed by atoms with Crippen molar-refractivity contribution < 1.29 is 9.90 Å². The first-order valence-corrected chi connectivity index (χ1v) is 6.42. The lowest BCUT2D eigenvalue weighted by atomic mass is 9.96. The van der Waals surface area contributed by atoms with Gasteiger partial charge in [-0.15, -0.1) is 0 Å². The topological polar surface area (TPSA) is 37.3 Å². The first-order valence-electron chi connectivity index (χ1n) is 6.42. The summed E-state index contributed by atoms with van der Waals surface area (Å²) in [5.74, 6) is 1.03. The summed E-state index contributed by atoms with van der Waals surface area (Å²) in [5.41, 5.74) is 0. The average molecular weight is 212 g/mol. The summed E-state index contributed by atoms with van der Waals surface area (Å²) in [5, 5.41) is 9.77. The largest absolute Gasteiger partial charge is 0.393 e. The number of ketones is 1. The highest BCUT2D eigenvalue weighted by atomic mass is 16.3. The lowest BCUT2D eigenvalue weighted by molar-refractivity contribution is -0.119. The van der Waals surface area contributed by atoms with Gasteiger partial charge in [-0.05, 0) is 25.2 Å². The van der Waals surface area contributed by atoms with Gasteiger partial charge in [0.1, 0.15) is 5.78 Å². The van der Waals surface area contributed by atoms with Crippen molar-refractivity contribution in [2.75, 3.05) is 0 Å². The second kappa shape index (κ2) is 7.00. The van der Waals surface area contributed by atoms with Crippen LogP contribution in [0.1, 0.15) is 64.7 Å². The molecule has 15 heavy (non-hydrogen) atoms. The van der Waals surface area contributed by atoms with E-state index in [0.717, 1.165) is 18.8 Å². The maximum Gasteiger partial charge on any atom is 0.132 e. The number of aliphatic hydroxyl groups is 1. The van der Waals surface area contributed by atoms with Crippen molar-refractivity contribution in [3.63, 3.8) is 0 Å². The molecule has 0 radical (unpaired) electrons. The Kier molecular flexibility index (Phi) is 5.92. The lowest BCUT2D eigenvalue weighted by Gasteiger charge is -2.14. The van der Waals surface area contributed by atoms with Crippen LogP contribution in [-0.2, 0) is 4.79 Å². The molecule has 1 aliphatic rings. The number of carbonyl (C=O) groups excluding carboxylic acids is 1. The van der Waals surface area contributed by atoms with Crippen LogP contribution < -0.4 is 0 Å². The van der Waals surface area contributed by atoms with E-state index in [1.165, 1.54) is 25.7 Å². The van der Waals surface area contributed by atoms with Gasteiger partial charge >= 0.3 is 0 Å². The second-order valence-corrected chi connectivity index (χ2v) is 4.87. The number of rotatable bonds is 7. The standard InChI is InChI=1S/C13H24O2/c1-2-5-12(14)8-9-13(15)10-11-6-3-4-7-11/h11,13,15H,2-10H2,1H3. The molecule has 0 amide bonds. The van der Waals surface area contributed by atoms with Crippen LogP contribution in [0.15, 0.2) is 0 Å². The van der Waals surface area contributed by atoms with Crippen LogP contribution >= 0.6 is 0 Å². The van der Waals surface area contributed by atoms with E-state index in [-0.39, 0.29) is 6.10 Å². The van der Waals surface area contributed by atoms with Crippen molar-refractivity contribution in [3.05, 3.63) is 0 Å². The van der Waals surface area contributed by atoms with E-state index in [0.29, 0.717) is 25.0 Å². The molecule has 0 bridgehead atoms. The zero-order chi connectivity index (χ0) is 11.1. The van der Waals surface area contributed by atoms with E-state index in [9.17, 15) is 9.90 Å². The average Bonchev–Trinajstić information content (AvgIpc) is 2.68. The van der Waals surface area contributed by atoms with Crippen LogP contribution in [0, 0.1) is 5.92 Å². The van der Waals surface area contributed by atoms with E-state index in [1.54, 1.807) is 0 Å². The second-order valence-electron chi connectivity index (χ2n) is 4.87. The van der Waals surface area contributed by atoms with Crippen molar-refractivity contribution in [1.82, 2.24) is 0 Å². The summed E-state index contributed by atoms with van der Waals surface area (Å²) in [6.45, 7) is 2.02. The van der Waals surface area contributed by atoms with E-state index in [1.807, 2.05) is 6.92 Å². The number of aliphatic hydroxyl groups excluding tert-OH is 1. The van der Waals surface area contributed by atoms with Gasteiger partial charge in [-0.1, -0.05) is 32.6 Å². The van der Waals surface area contributed by atoms with Gasteiger partial charge in [0.2, 0.25) is 0 Å². The third kappa shape index (κ3) is 5.31.